The third-order valence-corrected chi connectivity index (χ3v) is 6.20. The third-order valence-electron chi connectivity index (χ3n) is 4.29. The van der Waals surface area contributed by atoms with E-state index in [1.54, 1.807) is 0 Å². The van der Waals surface area contributed by atoms with E-state index in [1.165, 1.54) is 0 Å². The van der Waals surface area contributed by atoms with Crippen molar-refractivity contribution in [1.29, 1.82) is 0 Å². The average Bonchev–Trinajstić information content (AvgIpc) is 2.74. The Morgan fingerprint density at radius 1 is 1.25 bits per heavy atom. The van der Waals surface area contributed by atoms with Crippen molar-refractivity contribution in [2.24, 2.45) is 0 Å². The fraction of sp³-hybridized carbons (Fsp3) is 0.600. The maximum atomic E-state index is 11.8. The van der Waals surface area contributed by atoms with Gasteiger partial charge in [-0.05, 0) is 33.3 Å². The highest BCUT2D eigenvalue weighted by atomic mass is 32.2. The van der Waals surface area contributed by atoms with Gasteiger partial charge in [0.05, 0.1) is 17.5 Å². The average molecular weight is 295 g/mol. The quantitative estimate of drug-likeness (QED) is 0.907. The van der Waals surface area contributed by atoms with Gasteiger partial charge in [0.15, 0.2) is 9.84 Å². The molecule has 0 aliphatic carbocycles. The van der Waals surface area contributed by atoms with Crippen molar-refractivity contribution in [2.75, 3.05) is 11.5 Å². The molecule has 0 amide bonds. The first-order valence-electron chi connectivity index (χ1n) is 6.97. The Kier molecular flexibility index (Phi) is 2.93. The summed E-state index contributed by atoms with van der Waals surface area (Å²) in [6.45, 7) is 6.07. The van der Waals surface area contributed by atoms with Crippen molar-refractivity contribution in [3.05, 3.63) is 29.8 Å². The fourth-order valence-corrected chi connectivity index (χ4v) is 5.36. The molecule has 1 fully saturated rings. The molecule has 4 nitrogen and oxygen atoms in total. The van der Waals surface area contributed by atoms with Crippen LogP contribution in [0.2, 0.25) is 0 Å². The van der Waals surface area contributed by atoms with Crippen LogP contribution in [0.25, 0.3) is 0 Å². The van der Waals surface area contributed by atoms with Crippen LogP contribution in [0, 0.1) is 0 Å². The van der Waals surface area contributed by atoms with Crippen LogP contribution >= 0.6 is 0 Å². The summed E-state index contributed by atoms with van der Waals surface area (Å²) in [6.07, 6.45) is 0.657. The largest absolute Gasteiger partial charge is 0.486 e. The van der Waals surface area contributed by atoms with Gasteiger partial charge in [0.25, 0.3) is 0 Å². The van der Waals surface area contributed by atoms with Crippen molar-refractivity contribution in [2.45, 2.75) is 44.4 Å². The van der Waals surface area contributed by atoms with Crippen LogP contribution in [0.3, 0.4) is 0 Å². The lowest BCUT2D eigenvalue weighted by atomic mass is 9.90. The van der Waals surface area contributed by atoms with Gasteiger partial charge in [-0.2, -0.15) is 0 Å². The second-order valence-corrected chi connectivity index (χ2v) is 8.91. The minimum atomic E-state index is -2.91. The van der Waals surface area contributed by atoms with Crippen LogP contribution in [0.1, 0.15) is 38.8 Å². The highest BCUT2D eigenvalue weighted by molar-refractivity contribution is 7.91. The molecule has 3 rings (SSSR count). The maximum absolute atomic E-state index is 11.8. The highest BCUT2D eigenvalue weighted by Gasteiger charge is 2.47. The Morgan fingerprint density at radius 3 is 2.60 bits per heavy atom. The van der Waals surface area contributed by atoms with Crippen LogP contribution < -0.4 is 10.1 Å². The smallest absolute Gasteiger partial charge is 0.152 e. The van der Waals surface area contributed by atoms with Crippen molar-refractivity contribution in [3.63, 3.8) is 0 Å². The van der Waals surface area contributed by atoms with Crippen molar-refractivity contribution in [1.82, 2.24) is 5.32 Å². The summed E-state index contributed by atoms with van der Waals surface area (Å²) in [6, 6.07) is 7.98. The number of sulfone groups is 1. The lowest BCUT2D eigenvalue weighted by molar-refractivity contribution is 0.0833. The molecule has 2 aliphatic rings. The summed E-state index contributed by atoms with van der Waals surface area (Å²) in [5.74, 6) is 1.36. The SMILES string of the molecule is CC1(NC2c3ccccc3OC2(C)C)CCS(=O)(=O)C1. The second kappa shape index (κ2) is 4.21. The van der Waals surface area contributed by atoms with Crippen molar-refractivity contribution >= 4 is 9.84 Å². The molecular weight excluding hydrogens is 274 g/mol. The van der Waals surface area contributed by atoms with E-state index in [0.717, 1.165) is 11.3 Å². The highest BCUT2D eigenvalue weighted by Crippen LogP contribution is 2.44. The Bertz CT molecular complexity index is 638. The number of nitrogens with one attached hydrogen (secondary N) is 1. The first-order valence-corrected chi connectivity index (χ1v) is 8.79. The van der Waals surface area contributed by atoms with E-state index >= 15 is 0 Å². The molecule has 2 atom stereocenters. The minimum absolute atomic E-state index is 0.0111. The van der Waals surface area contributed by atoms with Gasteiger partial charge in [-0.1, -0.05) is 18.2 Å². The first-order chi connectivity index (χ1) is 9.21. The molecule has 1 N–H and O–H groups in total. The van der Waals surface area contributed by atoms with Crippen molar-refractivity contribution < 1.29 is 13.2 Å². The van der Waals surface area contributed by atoms with E-state index in [1.807, 2.05) is 39.0 Å². The molecule has 1 saturated heterocycles. The predicted molar refractivity (Wildman–Crippen MR) is 78.7 cm³/mol. The molecule has 1 aromatic carbocycles. The zero-order valence-corrected chi connectivity index (χ0v) is 13.0. The number of benzene rings is 1. The normalized spacial score (nSPS) is 33.6. The van der Waals surface area contributed by atoms with E-state index < -0.39 is 9.84 Å². The van der Waals surface area contributed by atoms with Crippen LogP contribution in [0.5, 0.6) is 5.75 Å². The van der Waals surface area contributed by atoms with Gasteiger partial charge < -0.3 is 10.1 Å². The molecule has 0 radical (unpaired) electrons. The molecule has 5 heteroatoms. The van der Waals surface area contributed by atoms with Gasteiger partial charge in [-0.25, -0.2) is 8.42 Å². The Hall–Kier alpha value is -1.07. The maximum Gasteiger partial charge on any atom is 0.152 e. The van der Waals surface area contributed by atoms with E-state index in [0.29, 0.717) is 6.42 Å². The molecule has 110 valence electrons. The molecule has 1 aromatic rings. The van der Waals surface area contributed by atoms with E-state index in [2.05, 4.69) is 11.4 Å². The summed E-state index contributed by atoms with van der Waals surface area (Å²) in [5, 5.41) is 3.55. The van der Waals surface area contributed by atoms with Crippen LogP contribution in [-0.2, 0) is 9.84 Å². The number of rotatable bonds is 2. The second-order valence-electron chi connectivity index (χ2n) is 6.72. The van der Waals surface area contributed by atoms with E-state index in [9.17, 15) is 8.42 Å². The number of fused-ring (bicyclic) bond motifs is 1. The summed E-state index contributed by atoms with van der Waals surface area (Å²) in [4.78, 5) is 0. The summed E-state index contributed by atoms with van der Waals surface area (Å²) >= 11 is 0. The first kappa shape index (κ1) is 13.9. The lowest BCUT2D eigenvalue weighted by Crippen LogP contribution is -2.51. The standard InChI is InChI=1S/C15H21NO3S/c1-14(2)13(11-6-4-5-7-12(11)19-14)16-15(3)8-9-20(17,18)10-15/h4-7,13,16H,8-10H2,1-3H3. The molecule has 2 unspecified atom stereocenters. The zero-order valence-electron chi connectivity index (χ0n) is 12.1. The molecule has 20 heavy (non-hydrogen) atoms. The van der Waals surface area contributed by atoms with Gasteiger partial charge in [-0.3, -0.25) is 0 Å². The van der Waals surface area contributed by atoms with Crippen molar-refractivity contribution in [3.8, 4) is 5.75 Å². The zero-order chi connectivity index (χ0) is 14.6. The monoisotopic (exact) mass is 295 g/mol. The minimum Gasteiger partial charge on any atom is -0.486 e. The number of hydrogen-bond acceptors (Lipinski definition) is 4. The van der Waals surface area contributed by atoms with Gasteiger partial charge in [0.2, 0.25) is 0 Å². The Labute approximate surface area is 120 Å². The summed E-state index contributed by atoms with van der Waals surface area (Å²) in [7, 11) is -2.91. The number of para-hydroxylation sites is 1. The van der Waals surface area contributed by atoms with E-state index in [-0.39, 0.29) is 28.7 Å². The van der Waals surface area contributed by atoms with Gasteiger partial charge in [-0.15, -0.1) is 0 Å². The summed E-state index contributed by atoms with van der Waals surface area (Å²) < 4.78 is 29.5. The molecular formula is C15H21NO3S. The molecule has 2 aliphatic heterocycles. The lowest BCUT2D eigenvalue weighted by Gasteiger charge is -2.34. The third kappa shape index (κ3) is 2.33. The predicted octanol–water partition coefficient (Wildman–Crippen LogP) is 2.07. The molecule has 0 bridgehead atoms. The Morgan fingerprint density at radius 2 is 1.95 bits per heavy atom. The topological polar surface area (TPSA) is 55.4 Å². The van der Waals surface area contributed by atoms with Gasteiger partial charge >= 0.3 is 0 Å². The number of ether oxygens (including phenoxy) is 1. The number of hydrogen-bond donors (Lipinski definition) is 1. The summed E-state index contributed by atoms with van der Waals surface area (Å²) in [5.41, 5.74) is 0.365. The molecule has 0 spiro atoms. The van der Waals surface area contributed by atoms with Crippen LogP contribution in [0.15, 0.2) is 24.3 Å². The van der Waals surface area contributed by atoms with E-state index in [4.69, 9.17) is 4.74 Å². The fourth-order valence-electron chi connectivity index (χ4n) is 3.25. The molecule has 0 aromatic heterocycles. The van der Waals surface area contributed by atoms with Gasteiger partial charge in [0.1, 0.15) is 11.4 Å². The van der Waals surface area contributed by atoms with Crippen LogP contribution in [0.4, 0.5) is 0 Å². The molecule has 2 heterocycles. The van der Waals surface area contributed by atoms with Crippen LogP contribution in [-0.4, -0.2) is 31.1 Å². The Balaban J connectivity index is 1.91. The molecule has 0 saturated carbocycles. The van der Waals surface area contributed by atoms with Gasteiger partial charge in [0, 0.05) is 11.1 Å².